The number of carbonyl (C=O) groups excluding carboxylic acids is 1. The minimum atomic E-state index is -4.62. The molecular weight excluding hydrogens is 364 g/mol. The summed E-state index contributed by atoms with van der Waals surface area (Å²) in [6.07, 6.45) is -3.57. The second-order valence-electron chi connectivity index (χ2n) is 5.39. The van der Waals surface area contributed by atoms with Gasteiger partial charge in [0.25, 0.3) is 5.91 Å². The fraction of sp³-hybridized carbons (Fsp3) is 0.0556. The number of nitrogens with one attached hydrogen (secondary N) is 2. The zero-order chi connectivity index (χ0) is 19.4. The number of halogens is 4. The molecule has 0 saturated carbocycles. The summed E-state index contributed by atoms with van der Waals surface area (Å²) in [6, 6.07) is 11.6. The average Bonchev–Trinajstić information content (AvgIpc) is 2.63. The number of anilines is 3. The van der Waals surface area contributed by atoms with Crippen LogP contribution < -0.4 is 10.6 Å². The van der Waals surface area contributed by atoms with Gasteiger partial charge in [-0.25, -0.2) is 14.4 Å². The number of nitrogens with zero attached hydrogens (tertiary/aromatic N) is 2. The number of benzene rings is 2. The molecule has 0 aliphatic heterocycles. The fourth-order valence-corrected chi connectivity index (χ4v) is 2.28. The number of rotatable bonds is 4. The van der Waals surface area contributed by atoms with Crippen LogP contribution in [0.5, 0.6) is 0 Å². The van der Waals surface area contributed by atoms with Crippen molar-refractivity contribution in [3.8, 4) is 0 Å². The molecule has 0 spiro atoms. The quantitative estimate of drug-likeness (QED) is 0.652. The first-order valence-corrected chi connectivity index (χ1v) is 7.66. The monoisotopic (exact) mass is 376 g/mol. The van der Waals surface area contributed by atoms with Gasteiger partial charge in [-0.1, -0.05) is 24.3 Å². The Morgan fingerprint density at radius 3 is 2.30 bits per heavy atom. The summed E-state index contributed by atoms with van der Waals surface area (Å²) in [5, 5.41) is 4.87. The Bertz CT molecular complexity index is 975. The Labute approximate surface area is 151 Å². The van der Waals surface area contributed by atoms with Crippen molar-refractivity contribution in [2.75, 3.05) is 10.6 Å². The molecule has 0 atom stereocenters. The molecule has 0 bridgehead atoms. The molecule has 1 heterocycles. The number of hydrogen-bond donors (Lipinski definition) is 2. The van der Waals surface area contributed by atoms with E-state index < -0.39 is 29.2 Å². The Hall–Kier alpha value is -3.49. The third-order valence-corrected chi connectivity index (χ3v) is 3.52. The molecule has 0 unspecified atom stereocenters. The molecule has 3 aromatic rings. The largest absolute Gasteiger partial charge is 0.418 e. The minimum absolute atomic E-state index is 0.115. The molecule has 138 valence electrons. The lowest BCUT2D eigenvalue weighted by Crippen LogP contribution is -2.18. The number of hydrogen-bond acceptors (Lipinski definition) is 4. The van der Waals surface area contributed by atoms with Crippen molar-refractivity contribution in [3.05, 3.63) is 78.0 Å². The van der Waals surface area contributed by atoms with E-state index in [1.54, 1.807) is 6.07 Å². The standard InChI is InChI=1S/C18H12F4N4O/c19-12-6-2-4-8-14(12)25-16-9-15(23-10-24-16)17(27)26-13-7-3-1-5-11(13)18(20,21)22/h1-10H,(H,26,27)(H,23,24,25). The van der Waals surface area contributed by atoms with E-state index in [0.717, 1.165) is 18.5 Å². The van der Waals surface area contributed by atoms with Crippen LogP contribution in [0.3, 0.4) is 0 Å². The van der Waals surface area contributed by atoms with Gasteiger partial charge in [-0.3, -0.25) is 4.79 Å². The van der Waals surface area contributed by atoms with Crippen LogP contribution >= 0.6 is 0 Å². The van der Waals surface area contributed by atoms with Gasteiger partial charge in [-0.05, 0) is 24.3 Å². The normalized spacial score (nSPS) is 11.1. The van der Waals surface area contributed by atoms with Gasteiger partial charge in [-0.2, -0.15) is 13.2 Å². The summed E-state index contributed by atoms with van der Waals surface area (Å²) in [5.41, 5.74) is -1.42. The maximum atomic E-state index is 13.7. The molecule has 27 heavy (non-hydrogen) atoms. The number of amides is 1. The van der Waals surface area contributed by atoms with Gasteiger partial charge in [0.15, 0.2) is 0 Å². The highest BCUT2D eigenvalue weighted by Gasteiger charge is 2.33. The van der Waals surface area contributed by atoms with Crippen LogP contribution in [0.4, 0.5) is 34.8 Å². The Morgan fingerprint density at radius 1 is 0.926 bits per heavy atom. The van der Waals surface area contributed by atoms with Crippen molar-refractivity contribution in [2.24, 2.45) is 0 Å². The molecular formula is C18H12F4N4O. The maximum Gasteiger partial charge on any atom is 0.418 e. The van der Waals surface area contributed by atoms with Crippen molar-refractivity contribution >= 4 is 23.1 Å². The number of carbonyl (C=O) groups is 1. The van der Waals surface area contributed by atoms with Gasteiger partial charge >= 0.3 is 6.18 Å². The number of alkyl halides is 3. The first-order valence-electron chi connectivity index (χ1n) is 7.66. The topological polar surface area (TPSA) is 66.9 Å². The molecule has 2 aromatic carbocycles. The Morgan fingerprint density at radius 2 is 1.59 bits per heavy atom. The summed E-state index contributed by atoms with van der Waals surface area (Å²) in [4.78, 5) is 19.9. The molecule has 9 heteroatoms. The Kier molecular flexibility index (Phi) is 5.02. The summed E-state index contributed by atoms with van der Waals surface area (Å²) in [7, 11) is 0. The number of para-hydroxylation sites is 2. The van der Waals surface area contributed by atoms with Crippen LogP contribution in [0, 0.1) is 5.82 Å². The predicted octanol–water partition coefficient (Wildman–Crippen LogP) is 4.63. The zero-order valence-electron chi connectivity index (χ0n) is 13.6. The van der Waals surface area contributed by atoms with Gasteiger partial charge in [0.2, 0.25) is 0 Å². The first-order chi connectivity index (χ1) is 12.8. The van der Waals surface area contributed by atoms with E-state index in [4.69, 9.17) is 0 Å². The van der Waals surface area contributed by atoms with Crippen LogP contribution in [0.25, 0.3) is 0 Å². The van der Waals surface area contributed by atoms with Crippen LogP contribution in [-0.4, -0.2) is 15.9 Å². The van der Waals surface area contributed by atoms with Gasteiger partial charge < -0.3 is 10.6 Å². The lowest BCUT2D eigenvalue weighted by atomic mass is 10.1. The van der Waals surface area contributed by atoms with Crippen LogP contribution in [0.15, 0.2) is 60.9 Å². The van der Waals surface area contributed by atoms with E-state index >= 15 is 0 Å². The molecule has 0 saturated heterocycles. The average molecular weight is 376 g/mol. The van der Waals surface area contributed by atoms with Crippen molar-refractivity contribution in [1.82, 2.24) is 9.97 Å². The minimum Gasteiger partial charge on any atom is -0.338 e. The second kappa shape index (κ2) is 7.40. The smallest absolute Gasteiger partial charge is 0.338 e. The van der Waals surface area contributed by atoms with E-state index in [0.29, 0.717) is 0 Å². The molecule has 0 aliphatic rings. The molecule has 2 N–H and O–H groups in total. The van der Waals surface area contributed by atoms with Crippen molar-refractivity contribution in [1.29, 1.82) is 0 Å². The van der Waals surface area contributed by atoms with Crippen molar-refractivity contribution in [2.45, 2.75) is 6.18 Å². The van der Waals surface area contributed by atoms with Crippen molar-refractivity contribution < 1.29 is 22.4 Å². The molecule has 0 radical (unpaired) electrons. The fourth-order valence-electron chi connectivity index (χ4n) is 2.28. The van der Waals surface area contributed by atoms with Crippen LogP contribution in [-0.2, 0) is 6.18 Å². The molecule has 0 fully saturated rings. The summed E-state index contributed by atoms with van der Waals surface area (Å²) >= 11 is 0. The van der Waals surface area contributed by atoms with Gasteiger partial charge in [-0.15, -0.1) is 0 Å². The third kappa shape index (κ3) is 4.38. The molecule has 5 nitrogen and oxygen atoms in total. The molecule has 3 rings (SSSR count). The highest BCUT2D eigenvalue weighted by molar-refractivity contribution is 6.03. The lowest BCUT2D eigenvalue weighted by Gasteiger charge is -2.13. The maximum absolute atomic E-state index is 13.7. The summed E-state index contributed by atoms with van der Waals surface area (Å²) in [5.74, 6) is -1.27. The van der Waals surface area contributed by atoms with Crippen LogP contribution in [0.2, 0.25) is 0 Å². The molecule has 1 amide bonds. The summed E-state index contributed by atoms with van der Waals surface area (Å²) in [6.45, 7) is 0. The van der Waals surface area contributed by atoms with E-state index in [1.165, 1.54) is 36.4 Å². The van der Waals surface area contributed by atoms with Crippen molar-refractivity contribution in [3.63, 3.8) is 0 Å². The van der Waals surface area contributed by atoms with Gasteiger partial charge in [0.05, 0.1) is 16.9 Å². The first kappa shape index (κ1) is 18.3. The van der Waals surface area contributed by atoms with Crippen LogP contribution in [0.1, 0.15) is 16.1 Å². The highest BCUT2D eigenvalue weighted by atomic mass is 19.4. The van der Waals surface area contributed by atoms with Gasteiger partial charge in [0, 0.05) is 6.07 Å². The Balaban J connectivity index is 1.82. The lowest BCUT2D eigenvalue weighted by molar-refractivity contribution is -0.136. The zero-order valence-corrected chi connectivity index (χ0v) is 13.6. The van der Waals surface area contributed by atoms with Gasteiger partial charge in [0.1, 0.15) is 23.7 Å². The second-order valence-corrected chi connectivity index (χ2v) is 5.39. The predicted molar refractivity (Wildman–Crippen MR) is 91.1 cm³/mol. The third-order valence-electron chi connectivity index (χ3n) is 3.52. The summed E-state index contributed by atoms with van der Waals surface area (Å²) < 4.78 is 52.8. The van der Waals surface area contributed by atoms with E-state index in [9.17, 15) is 22.4 Å². The van der Waals surface area contributed by atoms with E-state index in [2.05, 4.69) is 20.6 Å². The molecule has 0 aliphatic carbocycles. The SMILES string of the molecule is O=C(Nc1ccccc1C(F)(F)F)c1cc(Nc2ccccc2F)ncn1. The van der Waals surface area contributed by atoms with E-state index in [1.807, 2.05) is 0 Å². The highest BCUT2D eigenvalue weighted by Crippen LogP contribution is 2.34. The number of aromatic nitrogens is 2. The van der Waals surface area contributed by atoms with E-state index in [-0.39, 0.29) is 17.2 Å². The molecule has 1 aromatic heterocycles.